The van der Waals surface area contributed by atoms with Crippen LogP contribution in [-0.2, 0) is 21.4 Å². The van der Waals surface area contributed by atoms with E-state index >= 15 is 0 Å². The number of hydrogen-bond acceptors (Lipinski definition) is 5. The van der Waals surface area contributed by atoms with Crippen LogP contribution in [0.15, 0.2) is 53.4 Å². The molecule has 31 heavy (non-hydrogen) atoms. The van der Waals surface area contributed by atoms with Crippen LogP contribution in [0.4, 0.5) is 5.69 Å². The lowest BCUT2D eigenvalue weighted by molar-refractivity contribution is -0.117. The van der Waals surface area contributed by atoms with Crippen molar-refractivity contribution < 1.29 is 17.9 Å². The number of carbonyl (C=O) groups excluding carboxylic acids is 1. The molecule has 0 aliphatic carbocycles. The zero-order valence-electron chi connectivity index (χ0n) is 17.6. The molecule has 2 aliphatic heterocycles. The van der Waals surface area contributed by atoms with Crippen molar-refractivity contribution in [2.75, 3.05) is 38.1 Å². The maximum atomic E-state index is 12.9. The third kappa shape index (κ3) is 5.44. The van der Waals surface area contributed by atoms with Crippen molar-refractivity contribution in [2.45, 2.75) is 37.1 Å². The van der Waals surface area contributed by atoms with Crippen molar-refractivity contribution in [1.29, 1.82) is 0 Å². The van der Waals surface area contributed by atoms with Crippen LogP contribution in [0, 0.1) is 0 Å². The zero-order chi connectivity index (χ0) is 21.7. The van der Waals surface area contributed by atoms with E-state index in [1.54, 1.807) is 28.6 Å². The Hall–Kier alpha value is -2.42. The fraction of sp³-hybridized carbons (Fsp3) is 0.435. The number of sulfonamides is 1. The van der Waals surface area contributed by atoms with E-state index in [0.29, 0.717) is 38.5 Å². The summed E-state index contributed by atoms with van der Waals surface area (Å²) in [7, 11) is -3.49. The average molecular weight is 444 g/mol. The van der Waals surface area contributed by atoms with Crippen LogP contribution in [-0.4, -0.2) is 56.3 Å². The van der Waals surface area contributed by atoms with E-state index in [2.05, 4.69) is 5.32 Å². The number of rotatable bonds is 5. The number of fused-ring (bicyclic) bond motifs is 1. The van der Waals surface area contributed by atoms with E-state index in [9.17, 15) is 13.2 Å². The number of benzene rings is 2. The quantitative estimate of drug-likeness (QED) is 0.768. The van der Waals surface area contributed by atoms with Crippen LogP contribution >= 0.6 is 0 Å². The smallest absolute Gasteiger partial charge is 0.243 e. The van der Waals surface area contributed by atoms with Gasteiger partial charge in [0.2, 0.25) is 15.9 Å². The van der Waals surface area contributed by atoms with Gasteiger partial charge < -0.3 is 10.1 Å². The van der Waals surface area contributed by atoms with Crippen LogP contribution in [0.25, 0.3) is 0 Å². The summed E-state index contributed by atoms with van der Waals surface area (Å²) in [6.07, 6.45) is 3.95. The number of carbonyl (C=O) groups is 1. The number of nitrogens with zero attached hydrogens (tertiary/aromatic N) is 2. The first kappa shape index (κ1) is 21.8. The minimum absolute atomic E-state index is 0.137. The van der Waals surface area contributed by atoms with Gasteiger partial charge in [0.1, 0.15) is 12.4 Å². The predicted molar refractivity (Wildman–Crippen MR) is 120 cm³/mol. The predicted octanol–water partition coefficient (Wildman–Crippen LogP) is 3.08. The summed E-state index contributed by atoms with van der Waals surface area (Å²) in [4.78, 5) is 14.9. The molecule has 1 amide bonds. The number of para-hydroxylation sites is 1. The molecule has 4 rings (SSSR count). The van der Waals surface area contributed by atoms with E-state index in [1.807, 2.05) is 29.2 Å². The second-order valence-corrected chi connectivity index (χ2v) is 10.00. The number of anilines is 1. The van der Waals surface area contributed by atoms with Gasteiger partial charge in [-0.3, -0.25) is 9.69 Å². The molecular formula is C23H29N3O4S. The molecule has 0 atom stereocenters. The van der Waals surface area contributed by atoms with Crippen molar-refractivity contribution in [3.63, 3.8) is 0 Å². The highest BCUT2D eigenvalue weighted by atomic mass is 32.2. The van der Waals surface area contributed by atoms with E-state index in [0.717, 1.165) is 37.0 Å². The van der Waals surface area contributed by atoms with Crippen LogP contribution < -0.4 is 10.1 Å². The Balaban J connectivity index is 1.36. The molecule has 0 bridgehead atoms. The molecule has 1 N–H and O–H groups in total. The van der Waals surface area contributed by atoms with Gasteiger partial charge in [-0.05, 0) is 43.2 Å². The summed E-state index contributed by atoms with van der Waals surface area (Å²) < 4.78 is 33.1. The van der Waals surface area contributed by atoms with E-state index in [4.69, 9.17) is 4.74 Å². The molecule has 1 fully saturated rings. The monoisotopic (exact) mass is 443 g/mol. The third-order valence-corrected chi connectivity index (χ3v) is 7.65. The van der Waals surface area contributed by atoms with Crippen molar-refractivity contribution in [1.82, 2.24) is 9.21 Å². The first-order valence-corrected chi connectivity index (χ1v) is 12.3. The van der Waals surface area contributed by atoms with E-state index < -0.39 is 10.0 Å². The van der Waals surface area contributed by atoms with Crippen molar-refractivity contribution in [3.05, 3.63) is 54.1 Å². The summed E-state index contributed by atoms with van der Waals surface area (Å²) in [5, 5.41) is 2.87. The molecule has 2 heterocycles. The summed E-state index contributed by atoms with van der Waals surface area (Å²) in [6, 6.07) is 14.3. The Labute approximate surface area is 184 Å². The highest BCUT2D eigenvalue weighted by Crippen LogP contribution is 2.23. The Morgan fingerprint density at radius 3 is 2.39 bits per heavy atom. The molecule has 1 saturated heterocycles. The largest absolute Gasteiger partial charge is 0.492 e. The van der Waals surface area contributed by atoms with Crippen LogP contribution in [0.3, 0.4) is 0 Å². The Kier molecular flexibility index (Phi) is 6.89. The minimum Gasteiger partial charge on any atom is -0.492 e. The fourth-order valence-corrected chi connectivity index (χ4v) is 5.58. The fourth-order valence-electron chi connectivity index (χ4n) is 4.06. The van der Waals surface area contributed by atoms with Crippen molar-refractivity contribution >= 4 is 21.6 Å². The second kappa shape index (κ2) is 9.80. The molecule has 0 unspecified atom stereocenters. The van der Waals surface area contributed by atoms with Gasteiger partial charge in [0.25, 0.3) is 0 Å². The first-order valence-electron chi connectivity index (χ1n) is 10.9. The summed E-state index contributed by atoms with van der Waals surface area (Å²) >= 11 is 0. The molecule has 7 nitrogen and oxygen atoms in total. The van der Waals surface area contributed by atoms with Crippen LogP contribution in [0.1, 0.15) is 31.2 Å². The summed E-state index contributed by atoms with van der Waals surface area (Å²) in [5.74, 6) is 0.731. The van der Waals surface area contributed by atoms with E-state index in [-0.39, 0.29) is 17.3 Å². The maximum absolute atomic E-state index is 12.9. The zero-order valence-corrected chi connectivity index (χ0v) is 18.4. The minimum atomic E-state index is -3.49. The number of ether oxygens (including phenoxy) is 1. The molecule has 0 spiro atoms. The molecule has 8 heteroatoms. The van der Waals surface area contributed by atoms with Crippen LogP contribution in [0.2, 0.25) is 0 Å². The van der Waals surface area contributed by atoms with Gasteiger partial charge in [0.05, 0.1) is 11.4 Å². The van der Waals surface area contributed by atoms with Gasteiger partial charge in [-0.15, -0.1) is 0 Å². The van der Waals surface area contributed by atoms with Gasteiger partial charge in [0, 0.05) is 37.4 Å². The SMILES string of the molecule is O=C(CN1CCOc2ccccc2C1)Nc1ccc(S(=O)(=O)N2CCCCCC2)cc1. The molecule has 2 aromatic carbocycles. The molecular weight excluding hydrogens is 414 g/mol. The maximum Gasteiger partial charge on any atom is 0.243 e. The molecule has 2 aliphatic rings. The molecule has 2 aromatic rings. The second-order valence-electron chi connectivity index (χ2n) is 8.06. The summed E-state index contributed by atoms with van der Waals surface area (Å²) in [5.41, 5.74) is 1.65. The lowest BCUT2D eigenvalue weighted by Gasteiger charge is -2.20. The van der Waals surface area contributed by atoms with Gasteiger partial charge in [-0.25, -0.2) is 8.42 Å². The van der Waals surface area contributed by atoms with Crippen molar-refractivity contribution in [3.8, 4) is 5.75 Å². The number of hydrogen-bond donors (Lipinski definition) is 1. The number of nitrogens with one attached hydrogen (secondary N) is 1. The molecule has 0 aromatic heterocycles. The molecule has 0 radical (unpaired) electrons. The lowest BCUT2D eigenvalue weighted by atomic mass is 10.2. The Bertz CT molecular complexity index is 1000. The standard InChI is InChI=1S/C23H29N3O4S/c27-23(18-25-15-16-30-22-8-4-3-7-19(22)17-25)24-20-9-11-21(12-10-20)31(28,29)26-13-5-1-2-6-14-26/h3-4,7-12H,1-2,5-6,13-18H2,(H,24,27). The van der Waals surface area contributed by atoms with Gasteiger partial charge in [0.15, 0.2) is 0 Å². The topological polar surface area (TPSA) is 79.0 Å². The lowest BCUT2D eigenvalue weighted by Crippen LogP contribution is -2.34. The Morgan fingerprint density at radius 1 is 0.935 bits per heavy atom. The third-order valence-electron chi connectivity index (χ3n) is 5.74. The number of amides is 1. The van der Waals surface area contributed by atoms with Gasteiger partial charge in [-0.2, -0.15) is 4.31 Å². The Morgan fingerprint density at radius 2 is 1.65 bits per heavy atom. The normalized spacial score (nSPS) is 18.3. The highest BCUT2D eigenvalue weighted by Gasteiger charge is 2.25. The average Bonchev–Trinajstić information content (AvgIpc) is 3.15. The van der Waals surface area contributed by atoms with Gasteiger partial charge >= 0.3 is 0 Å². The van der Waals surface area contributed by atoms with E-state index in [1.165, 1.54) is 0 Å². The van der Waals surface area contributed by atoms with Crippen LogP contribution in [0.5, 0.6) is 5.75 Å². The molecule has 166 valence electrons. The first-order chi connectivity index (χ1) is 15.0. The van der Waals surface area contributed by atoms with Crippen molar-refractivity contribution in [2.24, 2.45) is 0 Å². The van der Waals surface area contributed by atoms with Gasteiger partial charge in [-0.1, -0.05) is 31.0 Å². The summed E-state index contributed by atoms with van der Waals surface area (Å²) in [6.45, 7) is 3.23. The highest BCUT2D eigenvalue weighted by molar-refractivity contribution is 7.89. The molecule has 0 saturated carbocycles.